The Kier molecular flexibility index (Phi) is 3.69. The van der Waals surface area contributed by atoms with Crippen LogP contribution in [0.1, 0.15) is 13.3 Å². The zero-order chi connectivity index (χ0) is 10.6. The zero-order valence-corrected chi connectivity index (χ0v) is 8.48. The number of carbonyl (C=O) groups is 1. The number of allylic oxidation sites excluding steroid dienone is 2. The summed E-state index contributed by atoms with van der Waals surface area (Å²) in [5.74, 6) is 0.296. The largest absolute Gasteiger partial charge is 0.458 e. The van der Waals surface area contributed by atoms with E-state index in [1.807, 2.05) is 6.08 Å². The molecular formula is C12H16O2. The van der Waals surface area contributed by atoms with Gasteiger partial charge in [-0.1, -0.05) is 30.9 Å². The molecule has 0 aromatic rings. The molecule has 0 saturated carbocycles. The summed E-state index contributed by atoms with van der Waals surface area (Å²) >= 11 is 0. The summed E-state index contributed by atoms with van der Waals surface area (Å²) in [7, 11) is 0. The number of hydrogen-bond donors (Lipinski definition) is 0. The van der Waals surface area contributed by atoms with Crippen molar-refractivity contribution < 1.29 is 9.53 Å². The lowest BCUT2D eigenvalue weighted by Crippen LogP contribution is -2.25. The van der Waals surface area contributed by atoms with Gasteiger partial charge in [0.05, 0.1) is 0 Å². The molecule has 0 spiro atoms. The van der Waals surface area contributed by atoms with Crippen molar-refractivity contribution in [3.05, 3.63) is 37.5 Å². The number of rotatable bonds is 4. The van der Waals surface area contributed by atoms with Crippen LogP contribution in [0.4, 0.5) is 0 Å². The fourth-order valence-electron chi connectivity index (χ4n) is 1.77. The van der Waals surface area contributed by atoms with Crippen LogP contribution < -0.4 is 0 Å². The van der Waals surface area contributed by atoms with Crippen molar-refractivity contribution in [2.24, 2.45) is 11.8 Å². The van der Waals surface area contributed by atoms with Crippen molar-refractivity contribution in [3.63, 3.8) is 0 Å². The molecule has 1 aliphatic carbocycles. The molecule has 1 aliphatic rings. The second-order valence-electron chi connectivity index (χ2n) is 3.45. The first-order chi connectivity index (χ1) is 6.69. The van der Waals surface area contributed by atoms with Crippen LogP contribution in [-0.2, 0) is 9.53 Å². The van der Waals surface area contributed by atoms with Gasteiger partial charge in [0.1, 0.15) is 6.10 Å². The van der Waals surface area contributed by atoms with Gasteiger partial charge in [-0.2, -0.15) is 0 Å². The minimum absolute atomic E-state index is 0.203. The van der Waals surface area contributed by atoms with Crippen LogP contribution in [0.5, 0.6) is 0 Å². The Morgan fingerprint density at radius 1 is 1.64 bits per heavy atom. The standard InChI is InChI=1S/C12H16O2/c1-4-10-7-6-8-11(10)12(5-2)14-9(3)13/h4-6,8,10-12H,1-2,7H2,3H3/t10-,11+,12+/m1/s1. The lowest BCUT2D eigenvalue weighted by molar-refractivity contribution is -0.145. The Balaban J connectivity index is 2.67. The molecule has 1 rings (SSSR count). The summed E-state index contributed by atoms with van der Waals surface area (Å²) in [4.78, 5) is 10.8. The molecule has 14 heavy (non-hydrogen) atoms. The summed E-state index contributed by atoms with van der Waals surface area (Å²) < 4.78 is 5.16. The van der Waals surface area contributed by atoms with Crippen molar-refractivity contribution in [3.8, 4) is 0 Å². The fraction of sp³-hybridized carbons (Fsp3) is 0.417. The molecule has 0 aliphatic heterocycles. The molecule has 2 nitrogen and oxygen atoms in total. The smallest absolute Gasteiger partial charge is 0.303 e. The Hall–Kier alpha value is -1.31. The average molecular weight is 192 g/mol. The van der Waals surface area contributed by atoms with E-state index in [0.29, 0.717) is 5.92 Å². The van der Waals surface area contributed by atoms with E-state index >= 15 is 0 Å². The quantitative estimate of drug-likeness (QED) is 0.505. The van der Waals surface area contributed by atoms with Crippen molar-refractivity contribution >= 4 is 5.97 Å². The van der Waals surface area contributed by atoms with Crippen molar-refractivity contribution in [1.29, 1.82) is 0 Å². The van der Waals surface area contributed by atoms with E-state index < -0.39 is 0 Å². The van der Waals surface area contributed by atoms with Gasteiger partial charge in [-0.05, 0) is 12.3 Å². The van der Waals surface area contributed by atoms with E-state index in [2.05, 4.69) is 25.3 Å². The molecule has 0 N–H and O–H groups in total. The summed E-state index contributed by atoms with van der Waals surface area (Å²) in [6.07, 6.45) is 8.50. The second-order valence-corrected chi connectivity index (χ2v) is 3.45. The van der Waals surface area contributed by atoms with Gasteiger partial charge >= 0.3 is 5.97 Å². The highest BCUT2D eigenvalue weighted by Gasteiger charge is 2.28. The molecule has 0 amide bonds. The normalized spacial score (nSPS) is 26.9. The van der Waals surface area contributed by atoms with Crippen molar-refractivity contribution in [2.45, 2.75) is 19.4 Å². The van der Waals surface area contributed by atoms with Gasteiger partial charge < -0.3 is 4.74 Å². The van der Waals surface area contributed by atoms with Gasteiger partial charge in [0.2, 0.25) is 0 Å². The minimum Gasteiger partial charge on any atom is -0.458 e. The van der Waals surface area contributed by atoms with Gasteiger partial charge in [0, 0.05) is 12.8 Å². The first-order valence-corrected chi connectivity index (χ1v) is 4.78. The molecule has 0 radical (unpaired) electrons. The van der Waals surface area contributed by atoms with Gasteiger partial charge in [0.25, 0.3) is 0 Å². The second kappa shape index (κ2) is 4.80. The molecule has 76 valence electrons. The van der Waals surface area contributed by atoms with Crippen LogP contribution in [0.2, 0.25) is 0 Å². The predicted molar refractivity (Wildman–Crippen MR) is 56.7 cm³/mol. The third kappa shape index (κ3) is 2.34. The number of hydrogen-bond acceptors (Lipinski definition) is 2. The predicted octanol–water partition coefficient (Wildman–Crippen LogP) is 2.48. The third-order valence-electron chi connectivity index (χ3n) is 2.48. The molecule has 0 heterocycles. The van der Waals surface area contributed by atoms with Crippen LogP contribution in [-0.4, -0.2) is 12.1 Å². The fourth-order valence-corrected chi connectivity index (χ4v) is 1.77. The summed E-state index contributed by atoms with van der Waals surface area (Å²) in [5, 5.41) is 0. The van der Waals surface area contributed by atoms with E-state index in [4.69, 9.17) is 4.74 Å². The van der Waals surface area contributed by atoms with E-state index in [1.54, 1.807) is 6.08 Å². The molecule has 0 fully saturated rings. The monoisotopic (exact) mass is 192 g/mol. The van der Waals surface area contributed by atoms with E-state index in [0.717, 1.165) is 6.42 Å². The molecular weight excluding hydrogens is 176 g/mol. The van der Waals surface area contributed by atoms with E-state index in [-0.39, 0.29) is 18.0 Å². The molecule has 3 atom stereocenters. The molecule has 0 aromatic heterocycles. The Bertz CT molecular complexity index is 265. The van der Waals surface area contributed by atoms with Crippen LogP contribution in [0.3, 0.4) is 0 Å². The number of carbonyl (C=O) groups excluding carboxylic acids is 1. The molecule has 0 bridgehead atoms. The SMILES string of the molecule is C=C[C@@H]1CC=C[C@@H]1[C@H](C=C)OC(C)=O. The Labute approximate surface area is 85.0 Å². The lowest BCUT2D eigenvalue weighted by Gasteiger charge is -2.23. The van der Waals surface area contributed by atoms with Crippen molar-refractivity contribution in [2.75, 3.05) is 0 Å². The molecule has 0 unspecified atom stereocenters. The number of ether oxygens (including phenoxy) is 1. The number of esters is 1. The maximum atomic E-state index is 10.8. The zero-order valence-electron chi connectivity index (χ0n) is 8.48. The Morgan fingerprint density at radius 3 is 2.86 bits per heavy atom. The van der Waals surface area contributed by atoms with Crippen LogP contribution >= 0.6 is 0 Å². The van der Waals surface area contributed by atoms with Crippen LogP contribution in [0, 0.1) is 11.8 Å². The third-order valence-corrected chi connectivity index (χ3v) is 2.48. The van der Waals surface area contributed by atoms with Crippen molar-refractivity contribution in [1.82, 2.24) is 0 Å². The maximum Gasteiger partial charge on any atom is 0.303 e. The summed E-state index contributed by atoms with van der Waals surface area (Å²) in [6.45, 7) is 8.87. The molecule has 0 saturated heterocycles. The first kappa shape index (κ1) is 10.8. The highest BCUT2D eigenvalue weighted by Crippen LogP contribution is 2.30. The Morgan fingerprint density at radius 2 is 2.36 bits per heavy atom. The topological polar surface area (TPSA) is 26.3 Å². The maximum absolute atomic E-state index is 10.8. The van der Waals surface area contributed by atoms with Gasteiger partial charge in [0.15, 0.2) is 0 Å². The first-order valence-electron chi connectivity index (χ1n) is 4.78. The highest BCUT2D eigenvalue weighted by molar-refractivity contribution is 5.66. The summed E-state index contributed by atoms with van der Waals surface area (Å²) in [6, 6.07) is 0. The van der Waals surface area contributed by atoms with Crippen LogP contribution in [0.25, 0.3) is 0 Å². The van der Waals surface area contributed by atoms with Gasteiger partial charge in [-0.25, -0.2) is 0 Å². The minimum atomic E-state index is -0.266. The van der Waals surface area contributed by atoms with Crippen LogP contribution in [0.15, 0.2) is 37.5 Å². The van der Waals surface area contributed by atoms with E-state index in [1.165, 1.54) is 6.92 Å². The molecule has 2 heteroatoms. The lowest BCUT2D eigenvalue weighted by atomic mass is 9.90. The van der Waals surface area contributed by atoms with Gasteiger partial charge in [-0.3, -0.25) is 4.79 Å². The summed E-state index contributed by atoms with van der Waals surface area (Å²) in [5.41, 5.74) is 0. The van der Waals surface area contributed by atoms with E-state index in [9.17, 15) is 4.79 Å². The highest BCUT2D eigenvalue weighted by atomic mass is 16.5. The molecule has 0 aromatic carbocycles. The van der Waals surface area contributed by atoms with Gasteiger partial charge in [-0.15, -0.1) is 6.58 Å². The average Bonchev–Trinajstić information content (AvgIpc) is 2.61.